The van der Waals surface area contributed by atoms with Gasteiger partial charge in [0.05, 0.1) is 17.9 Å². The number of amides is 3. The number of methoxy groups -OCH3 is 1. The zero-order valence-electron chi connectivity index (χ0n) is 32.3. The summed E-state index contributed by atoms with van der Waals surface area (Å²) in [7, 11) is -4.99. The lowest BCUT2D eigenvalue weighted by Gasteiger charge is -2.37. The van der Waals surface area contributed by atoms with E-state index in [1.54, 1.807) is 54.8 Å². The van der Waals surface area contributed by atoms with Crippen LogP contribution in [0.25, 0.3) is 10.3 Å². The zero-order chi connectivity index (χ0) is 39.3. The van der Waals surface area contributed by atoms with E-state index in [1.165, 1.54) is 35.7 Å². The minimum Gasteiger partial charge on any atom is -0.481 e. The molecule has 14 nitrogen and oxygen atoms in total. The Labute approximate surface area is 317 Å². The molecule has 2 aromatic heterocycles. The Bertz CT molecular complexity index is 2010. The van der Waals surface area contributed by atoms with Crippen LogP contribution in [0.2, 0.25) is 18.1 Å². The van der Waals surface area contributed by atoms with E-state index in [9.17, 15) is 27.9 Å². The molecule has 1 spiro atoms. The molecule has 0 aliphatic carbocycles. The third-order valence-electron chi connectivity index (χ3n) is 11.0. The van der Waals surface area contributed by atoms with Crippen molar-refractivity contribution in [2.75, 3.05) is 56.7 Å². The van der Waals surface area contributed by atoms with Crippen molar-refractivity contribution < 1.29 is 37.1 Å². The Hall–Kier alpha value is -3.64. The molecule has 17 heteroatoms. The summed E-state index contributed by atoms with van der Waals surface area (Å²) in [5, 5.41) is 13.3. The number of thiazole rings is 1. The Morgan fingerprint density at radius 1 is 1.09 bits per heavy atom. The molecule has 4 heterocycles. The van der Waals surface area contributed by atoms with Crippen LogP contribution < -0.4 is 15.0 Å². The molecule has 0 radical (unpaired) electrons. The first-order chi connectivity index (χ1) is 24.5. The molecule has 2 N–H and O–H groups in total. The van der Waals surface area contributed by atoms with Crippen molar-refractivity contribution in [2.24, 2.45) is 11.3 Å². The number of carboxylic acids is 1. The number of hydrogen-bond donors (Lipinski definition) is 2. The second kappa shape index (κ2) is 14.5. The Kier molecular flexibility index (Phi) is 11.1. The van der Waals surface area contributed by atoms with E-state index in [-0.39, 0.29) is 42.1 Å². The third-order valence-corrected chi connectivity index (χ3v) is 18.2. The smallest absolute Gasteiger partial charge is 0.328 e. The van der Waals surface area contributed by atoms with Gasteiger partial charge in [0.15, 0.2) is 13.4 Å². The predicted octanol–water partition coefficient (Wildman–Crippen LogP) is 6.00. The molecule has 2 aliphatic rings. The van der Waals surface area contributed by atoms with Gasteiger partial charge in [-0.1, -0.05) is 52.9 Å². The monoisotopic (exact) mass is 788 g/mol. The van der Waals surface area contributed by atoms with Crippen LogP contribution in [0.3, 0.4) is 0 Å². The van der Waals surface area contributed by atoms with E-state index in [4.69, 9.17) is 9.16 Å². The van der Waals surface area contributed by atoms with Gasteiger partial charge in [0.1, 0.15) is 10.3 Å². The number of hydrogen-bond acceptors (Lipinski definition) is 10. The quantitative estimate of drug-likeness (QED) is 0.220. The largest absolute Gasteiger partial charge is 0.481 e. The highest BCUT2D eigenvalue weighted by atomic mass is 32.2. The number of sulfonamides is 1. The molecule has 5 rings (SSSR count). The number of benzene rings is 1. The minimum atomic E-state index is -4.27. The molecule has 1 aromatic carbocycles. The lowest BCUT2D eigenvalue weighted by molar-refractivity contribution is -0.145. The molecule has 0 saturated carbocycles. The van der Waals surface area contributed by atoms with Crippen LogP contribution in [0, 0.1) is 11.3 Å². The summed E-state index contributed by atoms with van der Waals surface area (Å²) in [5.74, 6) is -1.77. The number of rotatable bonds is 11. The number of nitrogens with one attached hydrogen (secondary N) is 1. The Balaban J connectivity index is 1.51. The second-order valence-corrected chi connectivity index (χ2v) is 24.3. The number of urea groups is 1. The first-order valence-corrected chi connectivity index (χ1v) is 22.8. The summed E-state index contributed by atoms with van der Waals surface area (Å²) in [6.07, 6.45) is 0.521. The molecule has 1 fully saturated rings. The van der Waals surface area contributed by atoms with Crippen molar-refractivity contribution >= 4 is 68.8 Å². The average Bonchev–Trinajstić information content (AvgIpc) is 3.76. The van der Waals surface area contributed by atoms with Gasteiger partial charge < -0.3 is 19.2 Å². The number of pyridine rings is 1. The molecule has 2 atom stereocenters. The normalized spacial score (nSPS) is 18.5. The summed E-state index contributed by atoms with van der Waals surface area (Å²) in [6.45, 7) is 18.1. The van der Waals surface area contributed by atoms with Gasteiger partial charge in [-0.3, -0.25) is 19.8 Å². The van der Waals surface area contributed by atoms with Crippen LogP contribution in [-0.4, -0.2) is 105 Å². The van der Waals surface area contributed by atoms with Crippen LogP contribution >= 0.6 is 11.3 Å². The number of aliphatic carboxylic acids is 1. The summed E-state index contributed by atoms with van der Waals surface area (Å²) < 4.78 is 42.1. The van der Waals surface area contributed by atoms with Gasteiger partial charge in [0.2, 0.25) is 21.8 Å². The fourth-order valence-electron chi connectivity index (χ4n) is 6.61. The van der Waals surface area contributed by atoms with Crippen molar-refractivity contribution in [3.63, 3.8) is 0 Å². The SMILES string of the molecule is COc1ccc2nc(NC(=O)N3CC4(CCN(C(C)=O)C4)c4cc(S(=O)(=O)N(CCO[Si](C)(C)C(C)(C)C)CC(C(=O)O)C(C)(C)C)ccc43)sc2n1. The molecule has 0 bridgehead atoms. The highest BCUT2D eigenvalue weighted by molar-refractivity contribution is 7.89. The standard InChI is InChI=1S/C36H52N6O8S2Si/c1-23(43)40-16-15-36(21-40)22-42(33(46)39-32-37-27-12-14-29(49-8)38-30(27)51-32)28-13-11-24(19-25(28)36)52(47,48)41(20-26(31(44)45)34(2,3)4)17-18-50-53(9,10)35(5,6)7/h11-14,19,26H,15-18,20-22H2,1-10H3,(H,44,45)(H,37,39,46). The molecule has 3 amide bonds. The van der Waals surface area contributed by atoms with Gasteiger partial charge in [0.25, 0.3) is 0 Å². The summed E-state index contributed by atoms with van der Waals surface area (Å²) in [4.78, 5) is 51.7. The van der Waals surface area contributed by atoms with E-state index in [0.717, 1.165) is 0 Å². The lowest BCUT2D eigenvalue weighted by Crippen LogP contribution is -2.46. The van der Waals surface area contributed by atoms with Crippen molar-refractivity contribution in [3.8, 4) is 5.88 Å². The van der Waals surface area contributed by atoms with Crippen LogP contribution in [0.15, 0.2) is 35.2 Å². The van der Waals surface area contributed by atoms with E-state index in [1.807, 2.05) is 0 Å². The van der Waals surface area contributed by atoms with E-state index < -0.39 is 47.1 Å². The molecular weight excluding hydrogens is 737 g/mol. The van der Waals surface area contributed by atoms with Gasteiger partial charge in [-0.2, -0.15) is 4.31 Å². The molecule has 2 aliphatic heterocycles. The maximum Gasteiger partial charge on any atom is 0.328 e. The van der Waals surface area contributed by atoms with Gasteiger partial charge >= 0.3 is 12.0 Å². The summed E-state index contributed by atoms with van der Waals surface area (Å²) in [6, 6.07) is 7.68. The number of nitrogens with zero attached hydrogens (tertiary/aromatic N) is 5. The van der Waals surface area contributed by atoms with E-state index >= 15 is 0 Å². The van der Waals surface area contributed by atoms with Crippen molar-refractivity contribution in [1.29, 1.82) is 0 Å². The topological polar surface area (TPSA) is 172 Å². The fraction of sp³-hybridized carbons (Fsp3) is 0.583. The van der Waals surface area contributed by atoms with Crippen molar-refractivity contribution in [2.45, 2.75) is 83.3 Å². The summed E-state index contributed by atoms with van der Waals surface area (Å²) >= 11 is 1.20. The highest BCUT2D eigenvalue weighted by Gasteiger charge is 2.50. The number of aromatic nitrogens is 2. The molecule has 2 unspecified atom stereocenters. The maximum absolute atomic E-state index is 14.6. The average molecular weight is 789 g/mol. The molecular formula is C36H52N6O8S2Si. The fourth-order valence-corrected chi connectivity index (χ4v) is 9.93. The molecule has 1 saturated heterocycles. The van der Waals surface area contributed by atoms with Gasteiger partial charge in [0, 0.05) is 63.4 Å². The van der Waals surface area contributed by atoms with Crippen LogP contribution in [-0.2, 0) is 29.5 Å². The number of ether oxygens (including phenoxy) is 1. The third kappa shape index (κ3) is 8.23. The van der Waals surface area contributed by atoms with E-state index in [2.05, 4.69) is 49.1 Å². The summed E-state index contributed by atoms with van der Waals surface area (Å²) in [5.41, 5.74) is 0.302. The van der Waals surface area contributed by atoms with Gasteiger partial charge in [-0.25, -0.2) is 23.2 Å². The van der Waals surface area contributed by atoms with Crippen LogP contribution in [0.1, 0.15) is 60.5 Å². The van der Waals surface area contributed by atoms with Crippen molar-refractivity contribution in [1.82, 2.24) is 19.2 Å². The molecule has 290 valence electrons. The molecule has 53 heavy (non-hydrogen) atoms. The molecule has 3 aromatic rings. The Morgan fingerprint density at radius 3 is 2.38 bits per heavy atom. The Morgan fingerprint density at radius 2 is 1.79 bits per heavy atom. The number of fused-ring (bicyclic) bond motifs is 3. The number of likely N-dealkylation sites (tertiary alicyclic amines) is 1. The lowest BCUT2D eigenvalue weighted by atomic mass is 9.81. The first kappa shape index (κ1) is 40.5. The first-order valence-electron chi connectivity index (χ1n) is 17.7. The number of anilines is 2. The van der Waals surface area contributed by atoms with Crippen LogP contribution in [0.4, 0.5) is 15.6 Å². The van der Waals surface area contributed by atoms with Gasteiger partial charge in [-0.15, -0.1) is 0 Å². The van der Waals surface area contributed by atoms with E-state index in [0.29, 0.717) is 52.1 Å². The van der Waals surface area contributed by atoms with Gasteiger partial charge in [-0.05, 0) is 59.8 Å². The number of carbonyl (C=O) groups is 3. The van der Waals surface area contributed by atoms with Crippen molar-refractivity contribution in [3.05, 3.63) is 35.9 Å². The highest BCUT2D eigenvalue weighted by Crippen LogP contribution is 2.48. The van der Waals surface area contributed by atoms with Crippen LogP contribution in [0.5, 0.6) is 5.88 Å². The maximum atomic E-state index is 14.6. The number of carbonyl (C=O) groups excluding carboxylic acids is 2. The predicted molar refractivity (Wildman–Crippen MR) is 208 cm³/mol. The number of carboxylic acid groups (broad SMARTS) is 1. The zero-order valence-corrected chi connectivity index (χ0v) is 34.9. The second-order valence-electron chi connectivity index (χ2n) is 16.6. The minimum absolute atomic E-state index is 0.0178.